The molecule has 0 saturated carbocycles. The Morgan fingerprint density at radius 1 is 1.19 bits per heavy atom. The van der Waals surface area contributed by atoms with Gasteiger partial charge in [-0.3, -0.25) is 0 Å². The largest absolute Gasteiger partial charge is 0.332 e. The number of aryl methyl sites for hydroxylation is 1. The zero-order valence-corrected chi connectivity index (χ0v) is 13.4. The molecule has 0 radical (unpaired) electrons. The van der Waals surface area contributed by atoms with Crippen LogP contribution in [0.1, 0.15) is 21.7 Å². The number of thiophene rings is 1. The van der Waals surface area contributed by atoms with Crippen LogP contribution in [0.2, 0.25) is 0 Å². The minimum Gasteiger partial charge on any atom is -0.332 e. The highest BCUT2D eigenvalue weighted by atomic mass is 32.1. The van der Waals surface area contributed by atoms with Crippen LogP contribution in [-0.4, -0.2) is 23.1 Å². The molecule has 0 amide bonds. The fourth-order valence-corrected chi connectivity index (χ4v) is 4.46. The Balaban J connectivity index is 1.87. The van der Waals surface area contributed by atoms with E-state index in [1.807, 2.05) is 11.3 Å². The van der Waals surface area contributed by atoms with E-state index < -0.39 is 0 Å². The van der Waals surface area contributed by atoms with Gasteiger partial charge in [0, 0.05) is 42.0 Å². The van der Waals surface area contributed by atoms with E-state index in [0.717, 1.165) is 19.6 Å². The molecule has 2 aromatic heterocycles. The van der Waals surface area contributed by atoms with Crippen molar-refractivity contribution >= 4 is 21.6 Å². The first-order valence-corrected chi connectivity index (χ1v) is 8.37. The fourth-order valence-electron chi connectivity index (χ4n) is 3.40. The van der Waals surface area contributed by atoms with Gasteiger partial charge in [0.2, 0.25) is 0 Å². The van der Waals surface area contributed by atoms with E-state index in [2.05, 4.69) is 59.8 Å². The molecule has 1 aliphatic rings. The average Bonchev–Trinajstić information content (AvgIpc) is 2.98. The van der Waals surface area contributed by atoms with Gasteiger partial charge in [-0.2, -0.15) is 0 Å². The van der Waals surface area contributed by atoms with Gasteiger partial charge in [0.05, 0.1) is 0 Å². The van der Waals surface area contributed by atoms with Gasteiger partial charge >= 0.3 is 0 Å². The highest BCUT2D eigenvalue weighted by Crippen LogP contribution is 2.36. The van der Waals surface area contributed by atoms with Crippen LogP contribution in [0.5, 0.6) is 0 Å². The van der Waals surface area contributed by atoms with Gasteiger partial charge in [0.1, 0.15) is 4.83 Å². The lowest BCUT2D eigenvalue weighted by Crippen LogP contribution is -2.27. The maximum Gasteiger partial charge on any atom is 0.103 e. The monoisotopic (exact) mass is 296 g/mol. The zero-order chi connectivity index (χ0) is 14.4. The maximum atomic E-state index is 2.56. The van der Waals surface area contributed by atoms with Crippen LogP contribution in [0.25, 0.3) is 10.2 Å². The molecular weight excluding hydrogens is 276 g/mol. The Hall–Kier alpha value is -1.58. The van der Waals surface area contributed by atoms with Crippen molar-refractivity contribution in [3.8, 4) is 0 Å². The second-order valence-electron chi connectivity index (χ2n) is 6.06. The summed E-state index contributed by atoms with van der Waals surface area (Å²) < 4.78 is 2.56. The number of hydrogen-bond acceptors (Lipinski definition) is 2. The van der Waals surface area contributed by atoms with Crippen LogP contribution < -0.4 is 0 Å². The van der Waals surface area contributed by atoms with Crippen LogP contribution in [0, 0.1) is 6.92 Å². The normalized spacial score (nSPS) is 15.5. The molecule has 108 valence electrons. The van der Waals surface area contributed by atoms with E-state index in [0.29, 0.717) is 0 Å². The summed E-state index contributed by atoms with van der Waals surface area (Å²) in [6.07, 6.45) is 1.17. The Labute approximate surface area is 129 Å². The smallest absolute Gasteiger partial charge is 0.103 e. The molecule has 0 saturated heterocycles. The molecule has 21 heavy (non-hydrogen) atoms. The van der Waals surface area contributed by atoms with E-state index in [-0.39, 0.29) is 0 Å². The van der Waals surface area contributed by atoms with Crippen molar-refractivity contribution in [2.75, 3.05) is 13.6 Å². The molecule has 3 heteroatoms. The van der Waals surface area contributed by atoms with E-state index >= 15 is 0 Å². The summed E-state index contributed by atoms with van der Waals surface area (Å²) in [4.78, 5) is 5.30. The van der Waals surface area contributed by atoms with Gasteiger partial charge in [-0.25, -0.2) is 0 Å². The van der Waals surface area contributed by atoms with E-state index in [1.165, 1.54) is 27.1 Å². The standard InChI is InChI=1S/C18H20N2S/c1-13-10-15-16-12-19(2)9-8-17(16)20(18(15)21-13)11-14-6-4-3-5-7-14/h3-7,10H,8-9,11-12H2,1-2H3. The molecule has 1 aliphatic heterocycles. The van der Waals surface area contributed by atoms with Crippen molar-refractivity contribution in [3.05, 3.63) is 58.1 Å². The number of nitrogens with zero attached hydrogens (tertiary/aromatic N) is 2. The first-order valence-electron chi connectivity index (χ1n) is 7.55. The van der Waals surface area contributed by atoms with Crippen molar-refractivity contribution in [3.63, 3.8) is 0 Å². The summed E-state index contributed by atoms with van der Waals surface area (Å²) in [6, 6.07) is 13.2. The molecule has 0 bridgehead atoms. The molecule has 3 heterocycles. The molecule has 0 unspecified atom stereocenters. The van der Waals surface area contributed by atoms with Crippen LogP contribution in [0.4, 0.5) is 0 Å². The molecule has 4 rings (SSSR count). The second-order valence-corrected chi connectivity index (χ2v) is 7.30. The first-order chi connectivity index (χ1) is 10.2. The minimum atomic E-state index is 0.996. The highest BCUT2D eigenvalue weighted by molar-refractivity contribution is 7.18. The molecule has 0 atom stereocenters. The molecule has 1 aromatic carbocycles. The van der Waals surface area contributed by atoms with E-state index in [9.17, 15) is 0 Å². The third-order valence-corrected chi connectivity index (χ3v) is 5.50. The summed E-state index contributed by atoms with van der Waals surface area (Å²) in [5.74, 6) is 0. The minimum absolute atomic E-state index is 0.996. The SMILES string of the molecule is Cc1cc2c3c(n(Cc4ccccc4)c2s1)CCN(C)C3. The molecule has 0 spiro atoms. The van der Waals surface area contributed by atoms with Gasteiger partial charge in [0.15, 0.2) is 0 Å². The average molecular weight is 296 g/mol. The third-order valence-electron chi connectivity index (χ3n) is 4.42. The number of benzene rings is 1. The van der Waals surface area contributed by atoms with Crippen molar-refractivity contribution in [2.45, 2.75) is 26.4 Å². The lowest BCUT2D eigenvalue weighted by molar-refractivity contribution is 0.310. The number of aromatic nitrogens is 1. The van der Waals surface area contributed by atoms with Crippen molar-refractivity contribution in [2.24, 2.45) is 0 Å². The highest BCUT2D eigenvalue weighted by Gasteiger charge is 2.23. The number of rotatable bonds is 2. The summed E-state index contributed by atoms with van der Waals surface area (Å²) in [5.41, 5.74) is 4.50. The van der Waals surface area contributed by atoms with Crippen LogP contribution >= 0.6 is 11.3 Å². The summed E-state index contributed by atoms with van der Waals surface area (Å²) in [6.45, 7) is 5.47. The quantitative estimate of drug-likeness (QED) is 0.692. The molecule has 0 aliphatic carbocycles. The molecule has 2 nitrogen and oxygen atoms in total. The second kappa shape index (κ2) is 5.00. The first kappa shape index (κ1) is 13.1. The van der Waals surface area contributed by atoms with Crippen LogP contribution in [0.15, 0.2) is 36.4 Å². The Bertz CT molecular complexity index is 783. The van der Waals surface area contributed by atoms with Crippen molar-refractivity contribution in [1.29, 1.82) is 0 Å². The molecule has 0 fully saturated rings. The molecule has 3 aromatic rings. The summed E-state index contributed by atoms with van der Waals surface area (Å²) in [5, 5.41) is 1.48. The van der Waals surface area contributed by atoms with Gasteiger partial charge in [0.25, 0.3) is 0 Å². The molecule has 0 N–H and O–H groups in total. The lowest BCUT2D eigenvalue weighted by atomic mass is 10.1. The molecular formula is C18H20N2S. The Kier molecular flexibility index (Phi) is 3.12. The van der Waals surface area contributed by atoms with Crippen molar-refractivity contribution < 1.29 is 0 Å². The predicted octanol–water partition coefficient (Wildman–Crippen LogP) is 4.05. The van der Waals surface area contributed by atoms with E-state index in [4.69, 9.17) is 0 Å². The Morgan fingerprint density at radius 3 is 2.81 bits per heavy atom. The van der Waals surface area contributed by atoms with Crippen LogP contribution in [0.3, 0.4) is 0 Å². The van der Waals surface area contributed by atoms with Gasteiger partial charge in [-0.1, -0.05) is 30.3 Å². The van der Waals surface area contributed by atoms with Gasteiger partial charge in [-0.15, -0.1) is 11.3 Å². The topological polar surface area (TPSA) is 8.17 Å². The summed E-state index contributed by atoms with van der Waals surface area (Å²) >= 11 is 1.94. The van der Waals surface area contributed by atoms with Crippen molar-refractivity contribution in [1.82, 2.24) is 9.47 Å². The predicted molar refractivity (Wildman–Crippen MR) is 90.1 cm³/mol. The number of fused-ring (bicyclic) bond motifs is 3. The fraction of sp³-hybridized carbons (Fsp3) is 0.333. The number of hydrogen-bond donors (Lipinski definition) is 0. The summed E-state index contributed by atoms with van der Waals surface area (Å²) in [7, 11) is 2.22. The van der Waals surface area contributed by atoms with Gasteiger partial charge < -0.3 is 9.47 Å². The van der Waals surface area contributed by atoms with E-state index in [1.54, 1.807) is 11.3 Å². The Morgan fingerprint density at radius 2 is 2.00 bits per heavy atom. The lowest BCUT2D eigenvalue weighted by Gasteiger charge is -2.24. The third kappa shape index (κ3) is 2.21. The van der Waals surface area contributed by atoms with Crippen LogP contribution in [-0.2, 0) is 19.5 Å². The number of likely N-dealkylation sites (N-methyl/N-ethyl adjacent to an activating group) is 1. The van der Waals surface area contributed by atoms with Gasteiger partial charge in [-0.05, 0) is 31.2 Å². The zero-order valence-electron chi connectivity index (χ0n) is 12.6. The maximum absolute atomic E-state index is 2.56.